The number of nitrogens with one attached hydrogen (secondary N) is 1. The molecule has 0 amide bonds. The molecule has 0 aliphatic rings. The molecule has 0 aliphatic carbocycles. The molecule has 1 heterocycles. The minimum absolute atomic E-state index is 0.135. The average Bonchev–Trinajstić information content (AvgIpc) is 2.76. The number of hydrogen-bond acceptors (Lipinski definition) is 3. The van der Waals surface area contributed by atoms with Crippen LogP contribution >= 0.6 is 0 Å². The molecule has 2 atom stereocenters. The summed E-state index contributed by atoms with van der Waals surface area (Å²) in [6, 6.07) is 11.5. The van der Waals surface area contributed by atoms with Crippen molar-refractivity contribution in [1.29, 1.82) is 0 Å². The monoisotopic (exact) mass is 245 g/mol. The van der Waals surface area contributed by atoms with Gasteiger partial charge in [-0.15, -0.1) is 0 Å². The van der Waals surface area contributed by atoms with Gasteiger partial charge in [-0.3, -0.25) is 0 Å². The highest BCUT2D eigenvalue weighted by molar-refractivity contribution is 5.29. The molecule has 2 aromatic rings. The van der Waals surface area contributed by atoms with Crippen molar-refractivity contribution >= 4 is 0 Å². The van der Waals surface area contributed by atoms with Crippen LogP contribution in [0, 0.1) is 6.92 Å². The first-order valence-electron chi connectivity index (χ1n) is 6.17. The van der Waals surface area contributed by atoms with Crippen molar-refractivity contribution in [2.24, 2.45) is 0 Å². The van der Waals surface area contributed by atoms with Crippen LogP contribution in [0.25, 0.3) is 0 Å². The maximum atomic E-state index is 9.47. The Bertz CT molecular complexity index is 519. The lowest BCUT2D eigenvalue weighted by Crippen LogP contribution is -2.22. The third-order valence-corrected chi connectivity index (χ3v) is 3.06. The first-order valence-corrected chi connectivity index (χ1v) is 6.17. The Hall–Kier alpha value is -1.74. The van der Waals surface area contributed by atoms with Crippen LogP contribution in [0.1, 0.15) is 43.0 Å². The van der Waals surface area contributed by atoms with E-state index in [9.17, 15) is 5.11 Å². The maximum Gasteiger partial charge on any atom is 0.120 e. The van der Waals surface area contributed by atoms with Crippen LogP contribution in [0.5, 0.6) is 5.75 Å². The lowest BCUT2D eigenvalue weighted by Gasteiger charge is -2.19. The Morgan fingerprint density at radius 2 is 1.89 bits per heavy atom. The number of hydrogen-bond donors (Lipinski definition) is 2. The zero-order valence-corrected chi connectivity index (χ0v) is 11.0. The molecule has 0 radical (unpaired) electrons. The summed E-state index contributed by atoms with van der Waals surface area (Å²) in [5.41, 5.74) is 1.06. The second-order valence-corrected chi connectivity index (χ2v) is 4.65. The van der Waals surface area contributed by atoms with E-state index in [1.807, 2.05) is 31.2 Å². The molecule has 18 heavy (non-hydrogen) atoms. The molecular weight excluding hydrogens is 226 g/mol. The summed E-state index contributed by atoms with van der Waals surface area (Å²) < 4.78 is 5.59. The van der Waals surface area contributed by atoms with Crippen molar-refractivity contribution in [3.05, 3.63) is 53.5 Å². The molecule has 0 spiro atoms. The highest BCUT2D eigenvalue weighted by Crippen LogP contribution is 2.22. The van der Waals surface area contributed by atoms with Crippen molar-refractivity contribution in [2.75, 3.05) is 0 Å². The second kappa shape index (κ2) is 5.27. The number of phenols is 1. The number of furan rings is 1. The third kappa shape index (κ3) is 2.93. The van der Waals surface area contributed by atoms with Gasteiger partial charge in [0.1, 0.15) is 17.3 Å². The standard InChI is InChI=1S/C15H19NO2/c1-10-7-8-15(18-10)12(3)16-11(2)13-5-4-6-14(17)9-13/h4-9,11-12,16-17H,1-3H3. The van der Waals surface area contributed by atoms with Gasteiger partial charge in [-0.2, -0.15) is 0 Å². The highest BCUT2D eigenvalue weighted by Gasteiger charge is 2.13. The molecular formula is C15H19NO2. The van der Waals surface area contributed by atoms with Crippen LogP contribution in [0.15, 0.2) is 40.8 Å². The normalized spacial score (nSPS) is 14.4. The molecule has 0 aliphatic heterocycles. The maximum absolute atomic E-state index is 9.47. The average molecular weight is 245 g/mol. The van der Waals surface area contributed by atoms with Gasteiger partial charge in [0.25, 0.3) is 0 Å². The number of phenolic OH excluding ortho intramolecular Hbond substituents is 1. The van der Waals surface area contributed by atoms with Crippen molar-refractivity contribution in [2.45, 2.75) is 32.9 Å². The Balaban J connectivity index is 2.05. The van der Waals surface area contributed by atoms with Crippen LogP contribution in [-0.2, 0) is 0 Å². The zero-order chi connectivity index (χ0) is 13.1. The summed E-state index contributed by atoms with van der Waals surface area (Å²) in [6.45, 7) is 6.08. The fourth-order valence-electron chi connectivity index (χ4n) is 2.03. The van der Waals surface area contributed by atoms with Gasteiger partial charge in [0.2, 0.25) is 0 Å². The topological polar surface area (TPSA) is 45.4 Å². The fourth-order valence-corrected chi connectivity index (χ4v) is 2.03. The van der Waals surface area contributed by atoms with Gasteiger partial charge in [-0.25, -0.2) is 0 Å². The zero-order valence-electron chi connectivity index (χ0n) is 11.0. The Labute approximate surface area is 107 Å². The molecule has 0 saturated heterocycles. The second-order valence-electron chi connectivity index (χ2n) is 4.65. The van der Waals surface area contributed by atoms with Gasteiger partial charge >= 0.3 is 0 Å². The summed E-state index contributed by atoms with van der Waals surface area (Å²) in [5.74, 6) is 2.14. The van der Waals surface area contributed by atoms with E-state index in [1.54, 1.807) is 12.1 Å². The largest absolute Gasteiger partial charge is 0.508 e. The third-order valence-electron chi connectivity index (χ3n) is 3.06. The van der Waals surface area contributed by atoms with Crippen molar-refractivity contribution in [1.82, 2.24) is 5.32 Å². The quantitative estimate of drug-likeness (QED) is 0.863. The molecule has 0 saturated carbocycles. The Morgan fingerprint density at radius 1 is 1.11 bits per heavy atom. The van der Waals surface area contributed by atoms with Crippen molar-refractivity contribution in [3.8, 4) is 5.75 Å². The summed E-state index contributed by atoms with van der Waals surface area (Å²) in [5, 5.41) is 12.9. The van der Waals surface area contributed by atoms with E-state index in [4.69, 9.17) is 4.42 Å². The fraction of sp³-hybridized carbons (Fsp3) is 0.333. The highest BCUT2D eigenvalue weighted by atomic mass is 16.3. The number of rotatable bonds is 4. The molecule has 96 valence electrons. The molecule has 3 heteroatoms. The van der Waals surface area contributed by atoms with Gasteiger partial charge < -0.3 is 14.8 Å². The summed E-state index contributed by atoms with van der Waals surface area (Å²) in [4.78, 5) is 0. The molecule has 0 bridgehead atoms. The first kappa shape index (κ1) is 12.7. The first-order chi connectivity index (χ1) is 8.56. The van der Waals surface area contributed by atoms with E-state index in [0.29, 0.717) is 5.75 Å². The smallest absolute Gasteiger partial charge is 0.120 e. The van der Waals surface area contributed by atoms with Gasteiger partial charge in [-0.05, 0) is 50.6 Å². The number of aromatic hydroxyl groups is 1. The lowest BCUT2D eigenvalue weighted by molar-refractivity contribution is 0.391. The SMILES string of the molecule is Cc1ccc(C(C)NC(C)c2cccc(O)c2)o1. The molecule has 1 aromatic carbocycles. The molecule has 2 unspecified atom stereocenters. The van der Waals surface area contributed by atoms with Crippen LogP contribution in [-0.4, -0.2) is 5.11 Å². The van der Waals surface area contributed by atoms with Crippen molar-refractivity contribution < 1.29 is 9.52 Å². The van der Waals surface area contributed by atoms with E-state index in [0.717, 1.165) is 17.1 Å². The van der Waals surface area contributed by atoms with Crippen LogP contribution in [0.3, 0.4) is 0 Å². The molecule has 0 fully saturated rings. The van der Waals surface area contributed by atoms with E-state index >= 15 is 0 Å². The Kier molecular flexibility index (Phi) is 3.72. The molecule has 2 N–H and O–H groups in total. The van der Waals surface area contributed by atoms with E-state index < -0.39 is 0 Å². The summed E-state index contributed by atoms with van der Waals surface area (Å²) in [7, 11) is 0. The molecule has 3 nitrogen and oxygen atoms in total. The van der Waals surface area contributed by atoms with E-state index in [2.05, 4.69) is 19.2 Å². The van der Waals surface area contributed by atoms with E-state index in [1.165, 1.54) is 0 Å². The van der Waals surface area contributed by atoms with Gasteiger partial charge in [0.15, 0.2) is 0 Å². The van der Waals surface area contributed by atoms with E-state index in [-0.39, 0.29) is 12.1 Å². The van der Waals surface area contributed by atoms with Crippen LogP contribution in [0.4, 0.5) is 0 Å². The summed E-state index contributed by atoms with van der Waals surface area (Å²) in [6.07, 6.45) is 0. The minimum atomic E-state index is 0.135. The molecule has 1 aromatic heterocycles. The van der Waals surface area contributed by atoms with Crippen LogP contribution in [0.2, 0.25) is 0 Å². The van der Waals surface area contributed by atoms with Gasteiger partial charge in [-0.1, -0.05) is 12.1 Å². The predicted octanol–water partition coefficient (Wildman–Crippen LogP) is 3.71. The van der Waals surface area contributed by atoms with Crippen LogP contribution < -0.4 is 5.32 Å². The lowest BCUT2D eigenvalue weighted by atomic mass is 10.1. The summed E-state index contributed by atoms with van der Waals surface area (Å²) >= 11 is 0. The number of benzene rings is 1. The molecule has 2 rings (SSSR count). The van der Waals surface area contributed by atoms with Gasteiger partial charge in [0.05, 0.1) is 6.04 Å². The predicted molar refractivity (Wildman–Crippen MR) is 71.5 cm³/mol. The van der Waals surface area contributed by atoms with Gasteiger partial charge in [0, 0.05) is 6.04 Å². The minimum Gasteiger partial charge on any atom is -0.508 e. The van der Waals surface area contributed by atoms with Crippen molar-refractivity contribution in [3.63, 3.8) is 0 Å². The Morgan fingerprint density at radius 3 is 2.50 bits per heavy atom. The number of aryl methyl sites for hydroxylation is 1.